The first kappa shape index (κ1) is 17.6. The predicted molar refractivity (Wildman–Crippen MR) is 122 cm³/mol. The Morgan fingerprint density at radius 2 is 1.83 bits per heavy atom. The fraction of sp³-hybridized carbons (Fsp3) is 0.269. The Kier molecular flexibility index (Phi) is 3.45. The molecule has 4 heteroatoms. The minimum atomic E-state index is -0.391. The summed E-state index contributed by atoms with van der Waals surface area (Å²) in [6, 6.07) is 12.3. The highest BCUT2D eigenvalue weighted by Gasteiger charge is 2.32. The van der Waals surface area contributed by atoms with Gasteiger partial charge in [0, 0.05) is 23.6 Å². The van der Waals surface area contributed by atoms with E-state index in [1.54, 1.807) is 0 Å². The summed E-state index contributed by atoms with van der Waals surface area (Å²) in [6.45, 7) is 4.73. The van der Waals surface area contributed by atoms with Gasteiger partial charge in [-0.2, -0.15) is 0 Å². The number of aryl methyl sites for hydroxylation is 1. The molecular formula is C26H23NO3. The Morgan fingerprint density at radius 1 is 1.07 bits per heavy atom. The third kappa shape index (κ3) is 2.30. The summed E-state index contributed by atoms with van der Waals surface area (Å²) < 4.78 is 14.7. The minimum absolute atomic E-state index is 0.0306. The molecule has 0 fully saturated rings. The number of rotatable bonds is 0. The topological polar surface area (TPSA) is 40.5 Å². The average molecular weight is 397 g/mol. The quantitative estimate of drug-likeness (QED) is 0.375. The second-order valence-electron chi connectivity index (χ2n) is 8.87. The molecule has 3 heterocycles. The number of benzene rings is 3. The first-order valence-corrected chi connectivity index (χ1v) is 10.5. The normalized spacial score (nSPS) is 16.9. The van der Waals surface area contributed by atoms with Crippen LogP contribution in [-0.4, -0.2) is 16.8 Å². The second-order valence-corrected chi connectivity index (χ2v) is 8.87. The number of nitrogens with zero attached hydrogens (tertiary/aromatic N) is 1. The first-order chi connectivity index (χ1) is 14.4. The third-order valence-corrected chi connectivity index (χ3v) is 6.38. The molecule has 0 bridgehead atoms. The summed E-state index contributed by atoms with van der Waals surface area (Å²) >= 11 is 0. The number of ether oxygens (including phenoxy) is 2. The summed E-state index contributed by atoms with van der Waals surface area (Å²) in [5, 5.41) is 3.58. The van der Waals surface area contributed by atoms with E-state index in [1.807, 2.05) is 25.2 Å². The van der Waals surface area contributed by atoms with E-state index in [-0.39, 0.29) is 5.43 Å². The number of pyridine rings is 1. The van der Waals surface area contributed by atoms with Gasteiger partial charge in [0.2, 0.25) is 5.43 Å². The van der Waals surface area contributed by atoms with Crippen LogP contribution in [0.3, 0.4) is 0 Å². The number of hydrogen-bond donors (Lipinski definition) is 0. The van der Waals surface area contributed by atoms with Crippen molar-refractivity contribution < 1.29 is 9.47 Å². The third-order valence-electron chi connectivity index (χ3n) is 6.38. The van der Waals surface area contributed by atoms with Crippen LogP contribution in [0.4, 0.5) is 0 Å². The summed E-state index contributed by atoms with van der Waals surface area (Å²) in [7, 11) is 2.03. The van der Waals surface area contributed by atoms with Crippen LogP contribution in [0.25, 0.3) is 38.7 Å². The molecule has 0 saturated heterocycles. The zero-order valence-electron chi connectivity index (χ0n) is 17.4. The maximum absolute atomic E-state index is 13.8. The highest BCUT2D eigenvalue weighted by Crippen LogP contribution is 2.46. The molecule has 0 aliphatic carbocycles. The summed E-state index contributed by atoms with van der Waals surface area (Å²) in [6.07, 6.45) is 5.97. The fourth-order valence-corrected chi connectivity index (χ4v) is 4.93. The Hall–Kier alpha value is -3.27. The number of hydrogen-bond acceptors (Lipinski definition) is 3. The van der Waals surface area contributed by atoms with Crippen molar-refractivity contribution in [2.24, 2.45) is 7.05 Å². The van der Waals surface area contributed by atoms with Gasteiger partial charge in [0.15, 0.2) is 0 Å². The molecule has 4 nitrogen and oxygen atoms in total. The second kappa shape index (κ2) is 5.88. The minimum Gasteiger partial charge on any atom is -0.492 e. The molecule has 3 aromatic carbocycles. The van der Waals surface area contributed by atoms with Crippen molar-refractivity contribution in [3.63, 3.8) is 0 Å². The van der Waals surface area contributed by atoms with Gasteiger partial charge in [0.05, 0.1) is 23.0 Å². The number of fused-ring (bicyclic) bond motifs is 8. The predicted octanol–water partition coefficient (Wildman–Crippen LogP) is 5.35. The van der Waals surface area contributed by atoms with Crippen molar-refractivity contribution in [2.75, 3.05) is 6.61 Å². The molecule has 2 aliphatic heterocycles. The van der Waals surface area contributed by atoms with Crippen LogP contribution >= 0.6 is 0 Å². The molecule has 2 aliphatic rings. The van der Waals surface area contributed by atoms with Crippen LogP contribution in [0.15, 0.2) is 47.3 Å². The molecule has 0 spiro atoms. The van der Waals surface area contributed by atoms with Crippen molar-refractivity contribution in [1.29, 1.82) is 0 Å². The van der Waals surface area contributed by atoms with E-state index in [4.69, 9.17) is 9.47 Å². The SMILES string of the molecule is Cn1c2cc3ccccc3cc2c(=O)c2c3c(c4c(c21)C=CC(C)(C)O4)CCCO3. The van der Waals surface area contributed by atoms with Crippen molar-refractivity contribution in [1.82, 2.24) is 4.57 Å². The summed E-state index contributed by atoms with van der Waals surface area (Å²) in [4.78, 5) is 13.8. The van der Waals surface area contributed by atoms with E-state index < -0.39 is 5.60 Å². The van der Waals surface area contributed by atoms with Crippen LogP contribution in [0.2, 0.25) is 0 Å². The molecule has 0 radical (unpaired) electrons. The Bertz CT molecular complexity index is 1470. The lowest BCUT2D eigenvalue weighted by molar-refractivity contribution is 0.155. The maximum atomic E-state index is 13.8. The molecule has 1 aromatic heterocycles. The molecule has 0 amide bonds. The van der Waals surface area contributed by atoms with Gasteiger partial charge in [-0.05, 0) is 61.7 Å². The van der Waals surface area contributed by atoms with Crippen molar-refractivity contribution in [3.8, 4) is 11.5 Å². The van der Waals surface area contributed by atoms with Crippen LogP contribution in [-0.2, 0) is 13.5 Å². The van der Waals surface area contributed by atoms with Crippen LogP contribution in [0.1, 0.15) is 31.4 Å². The Balaban J connectivity index is 1.86. The molecule has 6 rings (SSSR count). The van der Waals surface area contributed by atoms with Gasteiger partial charge in [-0.1, -0.05) is 24.3 Å². The van der Waals surface area contributed by atoms with Gasteiger partial charge in [0.25, 0.3) is 0 Å². The molecule has 0 saturated carbocycles. The maximum Gasteiger partial charge on any atom is 0.201 e. The lowest BCUT2D eigenvalue weighted by Crippen LogP contribution is -2.29. The standard InChI is InChI=1S/C26H23NO3/c1-26(2)11-10-17-22-21(25-18(24(17)30-26)9-6-12-29-25)23(28)19-13-15-7-4-5-8-16(15)14-20(19)27(22)3/h4-5,7-8,10-11,13-14H,6,9,12H2,1-3H3. The molecule has 0 N–H and O–H groups in total. The van der Waals surface area contributed by atoms with Crippen molar-refractivity contribution in [3.05, 3.63) is 63.8 Å². The van der Waals surface area contributed by atoms with Crippen molar-refractivity contribution in [2.45, 2.75) is 32.3 Å². The van der Waals surface area contributed by atoms with E-state index in [0.717, 1.165) is 56.9 Å². The Labute approximate surface area is 174 Å². The lowest BCUT2D eigenvalue weighted by atomic mass is 9.92. The van der Waals surface area contributed by atoms with E-state index in [0.29, 0.717) is 17.7 Å². The van der Waals surface area contributed by atoms with Gasteiger partial charge in [0.1, 0.15) is 17.1 Å². The zero-order valence-corrected chi connectivity index (χ0v) is 17.4. The van der Waals surface area contributed by atoms with Gasteiger partial charge in [-0.3, -0.25) is 4.79 Å². The summed E-state index contributed by atoms with van der Waals surface area (Å²) in [5.74, 6) is 1.57. The monoisotopic (exact) mass is 397 g/mol. The highest BCUT2D eigenvalue weighted by atomic mass is 16.5. The lowest BCUT2D eigenvalue weighted by Gasteiger charge is -2.33. The molecular weight excluding hydrogens is 374 g/mol. The van der Waals surface area contributed by atoms with Crippen molar-refractivity contribution >= 4 is 38.7 Å². The smallest absolute Gasteiger partial charge is 0.201 e. The van der Waals surface area contributed by atoms with E-state index >= 15 is 0 Å². The Morgan fingerprint density at radius 3 is 2.63 bits per heavy atom. The van der Waals surface area contributed by atoms with Gasteiger partial charge in [-0.25, -0.2) is 0 Å². The zero-order chi connectivity index (χ0) is 20.6. The largest absolute Gasteiger partial charge is 0.492 e. The molecule has 4 aromatic rings. The van der Waals surface area contributed by atoms with Crippen LogP contribution in [0, 0.1) is 0 Å². The highest BCUT2D eigenvalue weighted by molar-refractivity contribution is 6.06. The average Bonchev–Trinajstić information content (AvgIpc) is 2.75. The van der Waals surface area contributed by atoms with E-state index in [9.17, 15) is 4.79 Å². The fourth-order valence-electron chi connectivity index (χ4n) is 4.93. The number of aromatic nitrogens is 1. The van der Waals surface area contributed by atoms with Gasteiger partial charge in [-0.15, -0.1) is 0 Å². The van der Waals surface area contributed by atoms with Gasteiger partial charge >= 0.3 is 0 Å². The van der Waals surface area contributed by atoms with Crippen LogP contribution in [0.5, 0.6) is 11.5 Å². The van der Waals surface area contributed by atoms with E-state index in [2.05, 4.69) is 48.8 Å². The molecule has 0 unspecified atom stereocenters. The van der Waals surface area contributed by atoms with E-state index in [1.165, 1.54) is 0 Å². The molecule has 30 heavy (non-hydrogen) atoms. The molecule has 0 atom stereocenters. The molecule has 150 valence electrons. The summed E-state index contributed by atoms with van der Waals surface area (Å²) in [5.41, 5.74) is 3.44. The first-order valence-electron chi connectivity index (χ1n) is 10.5. The van der Waals surface area contributed by atoms with Gasteiger partial charge < -0.3 is 14.0 Å². The van der Waals surface area contributed by atoms with Crippen LogP contribution < -0.4 is 14.9 Å².